The maximum Gasteiger partial charge on any atom is 0.291 e. The fourth-order valence-corrected chi connectivity index (χ4v) is 3.17. The van der Waals surface area contributed by atoms with Crippen molar-refractivity contribution in [2.75, 3.05) is 46.3 Å². The molecule has 1 saturated heterocycles. The Labute approximate surface area is 157 Å². The van der Waals surface area contributed by atoms with Gasteiger partial charge in [-0.2, -0.15) is 9.61 Å². The number of rotatable bonds is 5. The number of benzene rings is 1. The zero-order valence-electron chi connectivity index (χ0n) is 15.4. The van der Waals surface area contributed by atoms with E-state index in [1.165, 1.54) is 4.52 Å². The van der Waals surface area contributed by atoms with Crippen LogP contribution in [-0.2, 0) is 0 Å². The summed E-state index contributed by atoms with van der Waals surface area (Å²) in [7, 11) is 2.13. The molecule has 0 unspecified atom stereocenters. The number of hydrogen-bond acceptors (Lipinski definition) is 6. The van der Waals surface area contributed by atoms with Gasteiger partial charge in [0.2, 0.25) is 5.82 Å². The SMILES string of the molecule is CN1CCN(CCNC(=O)c2nnc3ccc(-c4ccccc4)nn23)CC1. The minimum Gasteiger partial charge on any atom is -0.348 e. The maximum absolute atomic E-state index is 12.6. The van der Waals surface area contributed by atoms with Gasteiger partial charge in [-0.1, -0.05) is 30.3 Å². The molecular weight excluding hydrogens is 342 g/mol. The van der Waals surface area contributed by atoms with Gasteiger partial charge >= 0.3 is 0 Å². The van der Waals surface area contributed by atoms with E-state index in [2.05, 4.69) is 37.5 Å². The summed E-state index contributed by atoms with van der Waals surface area (Å²) < 4.78 is 1.51. The van der Waals surface area contributed by atoms with Crippen LogP contribution in [0.15, 0.2) is 42.5 Å². The van der Waals surface area contributed by atoms with E-state index < -0.39 is 0 Å². The van der Waals surface area contributed by atoms with E-state index in [0.29, 0.717) is 12.2 Å². The smallest absolute Gasteiger partial charge is 0.291 e. The van der Waals surface area contributed by atoms with Crippen LogP contribution >= 0.6 is 0 Å². The Balaban J connectivity index is 1.44. The molecule has 0 aliphatic carbocycles. The van der Waals surface area contributed by atoms with E-state index in [1.54, 1.807) is 0 Å². The van der Waals surface area contributed by atoms with Crippen LogP contribution in [0, 0.1) is 0 Å². The number of hydrogen-bond donors (Lipinski definition) is 1. The van der Waals surface area contributed by atoms with Gasteiger partial charge in [0.15, 0.2) is 5.65 Å². The Hall–Kier alpha value is -2.84. The lowest BCUT2D eigenvalue weighted by Crippen LogP contribution is -2.47. The molecule has 8 heteroatoms. The van der Waals surface area contributed by atoms with Gasteiger partial charge in [0.1, 0.15) is 0 Å². The normalized spacial score (nSPS) is 15.9. The summed E-state index contributed by atoms with van der Waals surface area (Å²) in [5.41, 5.74) is 2.31. The summed E-state index contributed by atoms with van der Waals surface area (Å²) in [5.74, 6) is -0.0458. The number of carbonyl (C=O) groups excluding carboxylic acids is 1. The average Bonchev–Trinajstić information content (AvgIpc) is 3.13. The summed E-state index contributed by atoms with van der Waals surface area (Å²) >= 11 is 0. The molecular formula is C19H23N7O. The first-order valence-electron chi connectivity index (χ1n) is 9.18. The Bertz CT molecular complexity index is 916. The van der Waals surface area contributed by atoms with Crippen LogP contribution in [0.25, 0.3) is 16.9 Å². The van der Waals surface area contributed by atoms with Gasteiger partial charge in [-0.25, -0.2) is 0 Å². The van der Waals surface area contributed by atoms with E-state index in [9.17, 15) is 4.79 Å². The number of fused-ring (bicyclic) bond motifs is 1. The quantitative estimate of drug-likeness (QED) is 0.720. The fraction of sp³-hybridized carbons (Fsp3) is 0.368. The number of nitrogens with zero attached hydrogens (tertiary/aromatic N) is 6. The zero-order chi connectivity index (χ0) is 18.6. The molecule has 1 aliphatic heterocycles. The first kappa shape index (κ1) is 17.6. The van der Waals surface area contributed by atoms with E-state index in [0.717, 1.165) is 44.0 Å². The molecule has 3 aromatic rings. The summed E-state index contributed by atoms with van der Waals surface area (Å²) in [6.07, 6.45) is 0. The minimum atomic E-state index is -0.255. The Morgan fingerprint density at radius 1 is 1.04 bits per heavy atom. The van der Waals surface area contributed by atoms with Gasteiger partial charge in [0, 0.05) is 44.8 Å². The predicted octanol–water partition coefficient (Wildman–Crippen LogP) is 0.768. The molecule has 0 saturated carbocycles. The molecule has 140 valence electrons. The second-order valence-corrected chi connectivity index (χ2v) is 6.78. The van der Waals surface area contributed by atoms with Crippen LogP contribution in [0.5, 0.6) is 0 Å². The summed E-state index contributed by atoms with van der Waals surface area (Å²) in [6, 6.07) is 13.5. The van der Waals surface area contributed by atoms with Crippen molar-refractivity contribution in [1.82, 2.24) is 34.9 Å². The van der Waals surface area contributed by atoms with Crippen molar-refractivity contribution >= 4 is 11.6 Å². The van der Waals surface area contributed by atoms with Crippen molar-refractivity contribution in [3.05, 3.63) is 48.3 Å². The summed E-state index contributed by atoms with van der Waals surface area (Å²) in [6.45, 7) is 5.60. The molecule has 0 bridgehead atoms. The highest BCUT2D eigenvalue weighted by Crippen LogP contribution is 2.16. The van der Waals surface area contributed by atoms with Crippen LogP contribution in [0.2, 0.25) is 0 Å². The second-order valence-electron chi connectivity index (χ2n) is 6.78. The predicted molar refractivity (Wildman–Crippen MR) is 102 cm³/mol. The molecule has 0 atom stereocenters. The van der Waals surface area contributed by atoms with E-state index in [4.69, 9.17) is 0 Å². The monoisotopic (exact) mass is 365 g/mol. The Morgan fingerprint density at radius 3 is 2.59 bits per heavy atom. The molecule has 1 amide bonds. The highest BCUT2D eigenvalue weighted by molar-refractivity contribution is 5.91. The van der Waals surface area contributed by atoms with E-state index in [-0.39, 0.29) is 11.7 Å². The third-order valence-electron chi connectivity index (χ3n) is 4.84. The molecule has 27 heavy (non-hydrogen) atoms. The number of amides is 1. The van der Waals surface area contributed by atoms with Gasteiger partial charge in [-0.15, -0.1) is 10.2 Å². The highest BCUT2D eigenvalue weighted by Gasteiger charge is 2.17. The minimum absolute atomic E-state index is 0.209. The molecule has 1 aliphatic rings. The average molecular weight is 365 g/mol. The molecule has 3 heterocycles. The van der Waals surface area contributed by atoms with Crippen LogP contribution in [0.1, 0.15) is 10.6 Å². The van der Waals surface area contributed by atoms with Gasteiger partial charge in [0.25, 0.3) is 5.91 Å². The van der Waals surface area contributed by atoms with Gasteiger partial charge < -0.3 is 10.2 Å². The van der Waals surface area contributed by atoms with Crippen molar-refractivity contribution in [3.63, 3.8) is 0 Å². The third kappa shape index (κ3) is 3.96. The van der Waals surface area contributed by atoms with E-state index >= 15 is 0 Å². The molecule has 8 nitrogen and oxygen atoms in total. The van der Waals surface area contributed by atoms with Crippen molar-refractivity contribution in [2.24, 2.45) is 0 Å². The number of piperazine rings is 1. The first-order valence-corrected chi connectivity index (χ1v) is 9.18. The van der Waals surface area contributed by atoms with Crippen LogP contribution in [0.4, 0.5) is 0 Å². The second kappa shape index (κ2) is 7.81. The molecule has 4 rings (SSSR count). The Morgan fingerprint density at radius 2 is 1.81 bits per heavy atom. The van der Waals surface area contributed by atoms with Crippen molar-refractivity contribution in [1.29, 1.82) is 0 Å². The topological polar surface area (TPSA) is 78.7 Å². The van der Waals surface area contributed by atoms with Crippen LogP contribution in [-0.4, -0.2) is 81.8 Å². The maximum atomic E-state index is 12.6. The highest BCUT2D eigenvalue weighted by atomic mass is 16.2. The Kier molecular flexibility index (Phi) is 5.08. The van der Waals surface area contributed by atoms with Crippen molar-refractivity contribution < 1.29 is 4.79 Å². The molecule has 1 aromatic carbocycles. The summed E-state index contributed by atoms with van der Waals surface area (Å²) in [4.78, 5) is 17.2. The number of carbonyl (C=O) groups is 1. The van der Waals surface area contributed by atoms with Gasteiger partial charge in [0.05, 0.1) is 5.69 Å². The van der Waals surface area contributed by atoms with Gasteiger partial charge in [-0.3, -0.25) is 9.69 Å². The zero-order valence-corrected chi connectivity index (χ0v) is 15.4. The number of aromatic nitrogens is 4. The van der Waals surface area contributed by atoms with Crippen molar-refractivity contribution in [2.45, 2.75) is 0 Å². The first-order chi connectivity index (χ1) is 13.2. The number of likely N-dealkylation sites (N-methyl/N-ethyl adjacent to an activating group) is 1. The third-order valence-corrected chi connectivity index (χ3v) is 4.84. The number of nitrogens with one attached hydrogen (secondary N) is 1. The van der Waals surface area contributed by atoms with Crippen LogP contribution in [0.3, 0.4) is 0 Å². The molecule has 0 spiro atoms. The van der Waals surface area contributed by atoms with E-state index in [1.807, 2.05) is 42.5 Å². The fourth-order valence-electron chi connectivity index (χ4n) is 3.17. The van der Waals surface area contributed by atoms with Gasteiger partial charge in [-0.05, 0) is 19.2 Å². The standard InChI is InChI=1S/C19H23N7O/c1-24-11-13-25(14-12-24)10-9-20-19(27)18-22-21-17-8-7-16(23-26(17)18)15-5-3-2-4-6-15/h2-8H,9-14H2,1H3,(H,20,27). The lowest BCUT2D eigenvalue weighted by molar-refractivity contribution is 0.0928. The van der Waals surface area contributed by atoms with Crippen LogP contribution < -0.4 is 5.32 Å². The lowest BCUT2D eigenvalue weighted by atomic mass is 10.1. The largest absolute Gasteiger partial charge is 0.348 e. The van der Waals surface area contributed by atoms with Crippen molar-refractivity contribution in [3.8, 4) is 11.3 Å². The molecule has 1 N–H and O–H groups in total. The lowest BCUT2D eigenvalue weighted by Gasteiger charge is -2.32. The summed E-state index contributed by atoms with van der Waals surface area (Å²) in [5, 5.41) is 15.6. The molecule has 0 radical (unpaired) electrons. The molecule has 2 aromatic heterocycles. The molecule has 1 fully saturated rings.